The smallest absolute Gasteiger partial charge is 0.0686 e. The van der Waals surface area contributed by atoms with Gasteiger partial charge in [-0.1, -0.05) is 141 Å². The van der Waals surface area contributed by atoms with Crippen molar-refractivity contribution < 1.29 is 0 Å². The summed E-state index contributed by atoms with van der Waals surface area (Å²) in [6.07, 6.45) is 14.1. The first-order valence-electron chi connectivity index (χ1n) is 13.8. The molecule has 2 aliphatic carbocycles. The quantitative estimate of drug-likeness (QED) is 0.230. The number of allylic oxidation sites excluding steroid dienone is 9. The molecule has 40 heavy (non-hydrogen) atoms. The van der Waals surface area contributed by atoms with E-state index in [0.29, 0.717) is 6.54 Å². The highest BCUT2D eigenvalue weighted by Crippen LogP contribution is 2.62. The molecule has 0 bridgehead atoms. The van der Waals surface area contributed by atoms with Gasteiger partial charge in [0.1, 0.15) is 0 Å². The van der Waals surface area contributed by atoms with Crippen molar-refractivity contribution in [2.45, 2.75) is 12.3 Å². The van der Waals surface area contributed by atoms with Crippen molar-refractivity contribution in [3.8, 4) is 11.1 Å². The Morgan fingerprint density at radius 3 is 2.10 bits per heavy atom. The third-order valence-electron chi connectivity index (χ3n) is 8.20. The zero-order valence-corrected chi connectivity index (χ0v) is 22.9. The molecule has 0 aliphatic heterocycles. The Kier molecular flexibility index (Phi) is 6.80. The fourth-order valence-electron chi connectivity index (χ4n) is 6.47. The van der Waals surface area contributed by atoms with Crippen LogP contribution in [-0.2, 0) is 5.41 Å². The molecule has 2 aliphatic rings. The molecule has 1 atom stereocenters. The van der Waals surface area contributed by atoms with E-state index in [1.165, 1.54) is 55.7 Å². The fraction of sp³-hybridized carbons (Fsp3) is 0.0769. The van der Waals surface area contributed by atoms with Gasteiger partial charge in [0.05, 0.1) is 5.41 Å². The van der Waals surface area contributed by atoms with Crippen molar-refractivity contribution in [2.24, 2.45) is 0 Å². The summed E-state index contributed by atoms with van der Waals surface area (Å²) in [4.78, 5) is 0. The Hall–Kier alpha value is -4.88. The second kappa shape index (κ2) is 10.7. The van der Waals surface area contributed by atoms with Gasteiger partial charge < -0.3 is 5.32 Å². The number of rotatable bonds is 8. The lowest BCUT2D eigenvalue weighted by atomic mass is 9.70. The lowest BCUT2D eigenvalue weighted by molar-refractivity contribution is 0.767. The maximum atomic E-state index is 3.92. The first-order valence-corrected chi connectivity index (χ1v) is 13.8. The molecular weight excluding hydrogens is 482 g/mol. The molecule has 1 N–H and O–H groups in total. The van der Waals surface area contributed by atoms with Crippen LogP contribution in [0.25, 0.3) is 22.3 Å². The predicted molar refractivity (Wildman–Crippen MR) is 172 cm³/mol. The number of anilines is 1. The normalized spacial score (nSPS) is 17.4. The summed E-state index contributed by atoms with van der Waals surface area (Å²) in [6, 6.07) is 35.2. The molecular formula is C39H33N. The van der Waals surface area contributed by atoms with E-state index in [1.807, 2.05) is 24.3 Å². The van der Waals surface area contributed by atoms with Gasteiger partial charge in [-0.15, -0.1) is 0 Å². The number of nitrogens with one attached hydrogen (secondary N) is 1. The Morgan fingerprint density at radius 1 is 0.700 bits per heavy atom. The second-order valence-electron chi connectivity index (χ2n) is 10.3. The van der Waals surface area contributed by atoms with Gasteiger partial charge in [0, 0.05) is 12.2 Å². The van der Waals surface area contributed by atoms with Gasteiger partial charge in [0.25, 0.3) is 0 Å². The first kappa shape index (κ1) is 25.4. The molecule has 1 nitrogen and oxygen atoms in total. The van der Waals surface area contributed by atoms with Gasteiger partial charge in [-0.05, 0) is 74.7 Å². The number of benzene rings is 4. The molecule has 0 saturated heterocycles. The molecule has 0 fully saturated rings. The van der Waals surface area contributed by atoms with E-state index < -0.39 is 0 Å². The van der Waals surface area contributed by atoms with Crippen LogP contribution in [0.1, 0.15) is 34.7 Å². The highest BCUT2D eigenvalue weighted by Gasteiger charge is 2.50. The largest absolute Gasteiger partial charge is 0.381 e. The molecule has 0 heterocycles. The SMILES string of the molecule is C=C/C=C\C=C(/CNc1ccc2c(c1)C1(C(C)=C(/C=C\C=C)c3ccccc31)c1ccccc1-2)c1ccccc1. The number of fused-ring (bicyclic) bond motifs is 7. The summed E-state index contributed by atoms with van der Waals surface area (Å²) in [6.45, 7) is 10.7. The standard InChI is InChI=1S/C39H33N/c1-4-6-9-18-30(29-16-10-8-11-17-29)27-40-31-24-25-35-34-21-13-15-23-37(34)39(38(35)26-31)28(3)32(19-7-5-2)33-20-12-14-22-36(33)39/h4-26,40H,1-2,27H2,3H3/b9-6-,19-7-,30-18+. The lowest BCUT2D eigenvalue weighted by Crippen LogP contribution is -2.26. The summed E-state index contributed by atoms with van der Waals surface area (Å²) in [5.41, 5.74) is 13.8. The average molecular weight is 516 g/mol. The average Bonchev–Trinajstić information content (AvgIpc) is 3.43. The second-order valence-corrected chi connectivity index (χ2v) is 10.3. The van der Waals surface area contributed by atoms with Crippen molar-refractivity contribution in [3.05, 3.63) is 186 Å². The Balaban J connectivity index is 1.48. The van der Waals surface area contributed by atoms with E-state index in [0.717, 1.165) is 5.69 Å². The lowest BCUT2D eigenvalue weighted by Gasteiger charge is -2.31. The van der Waals surface area contributed by atoms with Crippen LogP contribution in [-0.4, -0.2) is 6.54 Å². The minimum Gasteiger partial charge on any atom is -0.381 e. The van der Waals surface area contributed by atoms with Crippen molar-refractivity contribution in [2.75, 3.05) is 11.9 Å². The molecule has 0 saturated carbocycles. The van der Waals surface area contributed by atoms with Crippen LogP contribution in [0, 0.1) is 0 Å². The van der Waals surface area contributed by atoms with Crippen LogP contribution in [0.2, 0.25) is 0 Å². The van der Waals surface area contributed by atoms with Crippen LogP contribution >= 0.6 is 0 Å². The summed E-state index contributed by atoms with van der Waals surface area (Å²) in [7, 11) is 0. The highest BCUT2D eigenvalue weighted by molar-refractivity contribution is 5.96. The van der Waals surface area contributed by atoms with Crippen molar-refractivity contribution in [1.29, 1.82) is 0 Å². The van der Waals surface area contributed by atoms with Crippen molar-refractivity contribution in [3.63, 3.8) is 0 Å². The van der Waals surface area contributed by atoms with E-state index in [2.05, 4.69) is 135 Å². The molecule has 4 aromatic rings. The van der Waals surface area contributed by atoms with Gasteiger partial charge >= 0.3 is 0 Å². The number of hydrogen-bond acceptors (Lipinski definition) is 1. The molecule has 1 heteroatoms. The molecule has 0 amide bonds. The van der Waals surface area contributed by atoms with E-state index >= 15 is 0 Å². The molecule has 4 aromatic carbocycles. The zero-order valence-electron chi connectivity index (χ0n) is 22.9. The van der Waals surface area contributed by atoms with E-state index in [9.17, 15) is 0 Å². The van der Waals surface area contributed by atoms with Gasteiger partial charge in [-0.2, -0.15) is 0 Å². The summed E-state index contributed by atoms with van der Waals surface area (Å²) < 4.78 is 0. The minimum atomic E-state index is -0.328. The van der Waals surface area contributed by atoms with E-state index in [4.69, 9.17) is 0 Å². The molecule has 194 valence electrons. The zero-order chi connectivity index (χ0) is 27.5. The fourth-order valence-corrected chi connectivity index (χ4v) is 6.47. The van der Waals surface area contributed by atoms with E-state index in [-0.39, 0.29) is 5.41 Å². The summed E-state index contributed by atoms with van der Waals surface area (Å²) >= 11 is 0. The highest BCUT2D eigenvalue weighted by atomic mass is 14.9. The van der Waals surface area contributed by atoms with E-state index in [1.54, 1.807) is 6.08 Å². The third kappa shape index (κ3) is 4.03. The maximum absolute atomic E-state index is 3.92. The van der Waals surface area contributed by atoms with Crippen LogP contribution < -0.4 is 5.32 Å². The van der Waals surface area contributed by atoms with Gasteiger partial charge in [0.2, 0.25) is 0 Å². The summed E-state index contributed by atoms with van der Waals surface area (Å²) in [5, 5.41) is 3.75. The molecule has 1 unspecified atom stereocenters. The van der Waals surface area contributed by atoms with Gasteiger partial charge in [-0.25, -0.2) is 0 Å². The number of hydrogen-bond donors (Lipinski definition) is 1. The van der Waals surface area contributed by atoms with Crippen molar-refractivity contribution >= 4 is 16.8 Å². The minimum absolute atomic E-state index is 0.328. The monoisotopic (exact) mass is 515 g/mol. The summed E-state index contributed by atoms with van der Waals surface area (Å²) in [5.74, 6) is 0. The van der Waals surface area contributed by atoms with Gasteiger partial charge in [-0.3, -0.25) is 0 Å². The maximum Gasteiger partial charge on any atom is 0.0686 e. The predicted octanol–water partition coefficient (Wildman–Crippen LogP) is 9.77. The van der Waals surface area contributed by atoms with Crippen molar-refractivity contribution in [1.82, 2.24) is 0 Å². The van der Waals surface area contributed by atoms with Crippen LogP contribution in [0.5, 0.6) is 0 Å². The van der Waals surface area contributed by atoms with Gasteiger partial charge in [0.15, 0.2) is 0 Å². The van der Waals surface area contributed by atoms with Crippen LogP contribution in [0.15, 0.2) is 158 Å². The molecule has 6 rings (SSSR count). The Morgan fingerprint density at radius 2 is 1.35 bits per heavy atom. The Bertz CT molecular complexity index is 1730. The van der Waals surface area contributed by atoms with Crippen LogP contribution in [0.4, 0.5) is 5.69 Å². The van der Waals surface area contributed by atoms with Crippen LogP contribution in [0.3, 0.4) is 0 Å². The first-order chi connectivity index (χ1) is 19.7. The molecule has 0 radical (unpaired) electrons. The molecule has 1 spiro atoms. The topological polar surface area (TPSA) is 12.0 Å². The Labute approximate surface area is 237 Å². The molecule has 0 aromatic heterocycles. The third-order valence-corrected chi connectivity index (χ3v) is 8.20.